The minimum Gasteiger partial charge on any atom is -0.391 e. The van der Waals surface area contributed by atoms with Crippen molar-refractivity contribution in [2.75, 3.05) is 20.1 Å². The molecular formula is C15H24N2O2S. The van der Waals surface area contributed by atoms with Gasteiger partial charge in [-0.05, 0) is 30.2 Å². The Bertz CT molecular complexity index is 441. The summed E-state index contributed by atoms with van der Waals surface area (Å²) in [4.78, 5) is 14.9. The van der Waals surface area contributed by atoms with E-state index in [1.54, 1.807) is 23.3 Å². The number of urea groups is 1. The lowest BCUT2D eigenvalue weighted by atomic mass is 9.91. The van der Waals surface area contributed by atoms with E-state index in [9.17, 15) is 9.90 Å². The molecule has 1 aromatic rings. The molecule has 1 heterocycles. The molecule has 112 valence electrons. The molecule has 1 saturated carbocycles. The second-order valence-corrected chi connectivity index (χ2v) is 7.25. The summed E-state index contributed by atoms with van der Waals surface area (Å²) in [5, 5.41) is 14.9. The van der Waals surface area contributed by atoms with Crippen LogP contribution in [-0.4, -0.2) is 42.3 Å². The fourth-order valence-electron chi connectivity index (χ4n) is 2.18. The molecule has 1 aromatic heterocycles. The summed E-state index contributed by atoms with van der Waals surface area (Å²) >= 11 is 1.71. The molecule has 0 spiro atoms. The summed E-state index contributed by atoms with van der Waals surface area (Å²) in [6, 6.07) is 4.01. The maximum atomic E-state index is 12.0. The van der Waals surface area contributed by atoms with Gasteiger partial charge in [0.25, 0.3) is 0 Å². The summed E-state index contributed by atoms with van der Waals surface area (Å²) in [5.41, 5.74) is -0.0697. The molecule has 0 aromatic carbocycles. The summed E-state index contributed by atoms with van der Waals surface area (Å²) in [6.07, 6.45) is 1.79. The average molecular weight is 296 g/mol. The van der Waals surface area contributed by atoms with Gasteiger partial charge in [0.05, 0.1) is 6.10 Å². The van der Waals surface area contributed by atoms with Crippen LogP contribution >= 0.6 is 11.3 Å². The topological polar surface area (TPSA) is 52.6 Å². The fraction of sp³-hybridized carbons (Fsp3) is 0.667. The minimum atomic E-state index is -0.379. The highest BCUT2D eigenvalue weighted by molar-refractivity contribution is 7.10. The van der Waals surface area contributed by atoms with E-state index in [-0.39, 0.29) is 17.6 Å². The van der Waals surface area contributed by atoms with E-state index in [4.69, 9.17) is 0 Å². The van der Waals surface area contributed by atoms with Crippen LogP contribution in [0.5, 0.6) is 0 Å². The highest BCUT2D eigenvalue weighted by Gasteiger charge is 2.31. The molecule has 2 rings (SSSR count). The van der Waals surface area contributed by atoms with Crippen molar-refractivity contribution < 1.29 is 9.90 Å². The molecule has 0 aliphatic heterocycles. The van der Waals surface area contributed by atoms with E-state index in [2.05, 4.69) is 30.6 Å². The predicted molar refractivity (Wildman–Crippen MR) is 82.1 cm³/mol. The van der Waals surface area contributed by atoms with E-state index in [0.717, 1.165) is 12.8 Å². The number of rotatable bonds is 6. The van der Waals surface area contributed by atoms with Crippen molar-refractivity contribution in [1.29, 1.82) is 0 Å². The van der Waals surface area contributed by atoms with Gasteiger partial charge in [-0.2, -0.15) is 0 Å². The Morgan fingerprint density at radius 3 is 2.85 bits per heavy atom. The first-order valence-corrected chi connectivity index (χ1v) is 7.99. The quantitative estimate of drug-likeness (QED) is 0.847. The maximum absolute atomic E-state index is 12.0. The molecule has 0 radical (unpaired) electrons. The predicted octanol–water partition coefficient (Wildman–Crippen LogP) is 2.44. The number of aliphatic hydroxyl groups is 1. The molecule has 4 nitrogen and oxygen atoms in total. The van der Waals surface area contributed by atoms with Crippen molar-refractivity contribution in [1.82, 2.24) is 10.2 Å². The van der Waals surface area contributed by atoms with Gasteiger partial charge in [0, 0.05) is 30.4 Å². The van der Waals surface area contributed by atoms with E-state index >= 15 is 0 Å². The highest BCUT2D eigenvalue weighted by atomic mass is 32.1. The van der Waals surface area contributed by atoms with Gasteiger partial charge in [-0.25, -0.2) is 4.79 Å². The number of thiophene rings is 1. The number of amides is 2. The van der Waals surface area contributed by atoms with Crippen LogP contribution in [0, 0.1) is 5.92 Å². The first kappa shape index (κ1) is 15.3. The minimum absolute atomic E-state index is 0.0697. The molecule has 0 bridgehead atoms. The number of hydrogen-bond donors (Lipinski definition) is 2. The van der Waals surface area contributed by atoms with Gasteiger partial charge in [0.1, 0.15) is 0 Å². The molecular weight excluding hydrogens is 272 g/mol. The number of nitrogens with zero attached hydrogens (tertiary/aromatic N) is 1. The van der Waals surface area contributed by atoms with Crippen LogP contribution in [-0.2, 0) is 5.41 Å². The lowest BCUT2D eigenvalue weighted by Crippen LogP contribution is -2.45. The van der Waals surface area contributed by atoms with Crippen molar-refractivity contribution in [3.05, 3.63) is 22.4 Å². The van der Waals surface area contributed by atoms with Gasteiger partial charge in [-0.1, -0.05) is 19.9 Å². The maximum Gasteiger partial charge on any atom is 0.317 e. The molecule has 1 unspecified atom stereocenters. The Morgan fingerprint density at radius 2 is 2.30 bits per heavy atom. The number of likely N-dealkylation sites (N-methyl/N-ethyl adjacent to an activating group) is 1. The van der Waals surface area contributed by atoms with Gasteiger partial charge in [0.15, 0.2) is 0 Å². The second kappa shape index (κ2) is 6.14. The lowest BCUT2D eigenvalue weighted by molar-refractivity contribution is 0.113. The van der Waals surface area contributed by atoms with E-state index in [1.807, 2.05) is 6.07 Å². The number of carbonyl (C=O) groups is 1. The van der Waals surface area contributed by atoms with Crippen LogP contribution in [0.4, 0.5) is 4.79 Å². The van der Waals surface area contributed by atoms with Crippen molar-refractivity contribution in [3.63, 3.8) is 0 Å². The van der Waals surface area contributed by atoms with Gasteiger partial charge >= 0.3 is 6.03 Å². The molecule has 20 heavy (non-hydrogen) atoms. The fourth-order valence-corrected chi connectivity index (χ4v) is 3.03. The zero-order valence-electron chi connectivity index (χ0n) is 12.4. The highest BCUT2D eigenvalue weighted by Crippen LogP contribution is 2.32. The molecule has 2 N–H and O–H groups in total. The summed E-state index contributed by atoms with van der Waals surface area (Å²) in [7, 11) is 1.74. The third-order valence-electron chi connectivity index (χ3n) is 3.84. The Morgan fingerprint density at radius 1 is 1.60 bits per heavy atom. The Kier molecular flexibility index (Phi) is 4.70. The van der Waals surface area contributed by atoms with E-state index < -0.39 is 0 Å². The second-order valence-electron chi connectivity index (χ2n) is 6.31. The Balaban J connectivity index is 1.79. The first-order chi connectivity index (χ1) is 9.40. The summed E-state index contributed by atoms with van der Waals surface area (Å²) < 4.78 is 0. The lowest BCUT2D eigenvalue weighted by Gasteiger charge is -2.26. The zero-order chi connectivity index (χ0) is 14.8. The van der Waals surface area contributed by atoms with Gasteiger partial charge in [-0.3, -0.25) is 0 Å². The average Bonchev–Trinajstić information content (AvgIpc) is 3.10. The van der Waals surface area contributed by atoms with Crippen LogP contribution in [0.25, 0.3) is 0 Å². The van der Waals surface area contributed by atoms with Crippen LogP contribution < -0.4 is 5.32 Å². The standard InChI is InChI=1S/C15H24N2O2S/c1-15(2,13-5-4-8-20-13)10-16-14(19)17(3)9-12(18)11-6-7-11/h4-5,8,11-12,18H,6-7,9-10H2,1-3H3,(H,16,19). The monoisotopic (exact) mass is 296 g/mol. The van der Waals surface area contributed by atoms with Gasteiger partial charge < -0.3 is 15.3 Å². The summed E-state index contributed by atoms with van der Waals surface area (Å²) in [5.74, 6) is 0.396. The third kappa shape index (κ3) is 3.96. The molecule has 1 fully saturated rings. The van der Waals surface area contributed by atoms with Crippen molar-refractivity contribution >= 4 is 17.4 Å². The van der Waals surface area contributed by atoms with Crippen LogP contribution in [0.1, 0.15) is 31.6 Å². The SMILES string of the molecule is CN(CC(O)C1CC1)C(=O)NCC(C)(C)c1cccs1. The molecule has 1 aliphatic rings. The van der Waals surface area contributed by atoms with Gasteiger partial charge in [-0.15, -0.1) is 11.3 Å². The Hall–Kier alpha value is -1.07. The van der Waals surface area contributed by atoms with Crippen molar-refractivity contribution in [3.8, 4) is 0 Å². The van der Waals surface area contributed by atoms with Crippen LogP contribution in [0.3, 0.4) is 0 Å². The zero-order valence-corrected chi connectivity index (χ0v) is 13.2. The summed E-state index contributed by atoms with van der Waals surface area (Å²) in [6.45, 7) is 5.25. The normalized spacial score (nSPS) is 16.8. The van der Waals surface area contributed by atoms with Crippen molar-refractivity contribution in [2.24, 2.45) is 5.92 Å². The van der Waals surface area contributed by atoms with Crippen LogP contribution in [0.2, 0.25) is 0 Å². The molecule has 2 amide bonds. The number of aliphatic hydroxyl groups excluding tert-OH is 1. The first-order valence-electron chi connectivity index (χ1n) is 7.11. The Labute approximate surface area is 124 Å². The third-order valence-corrected chi connectivity index (χ3v) is 5.08. The molecule has 5 heteroatoms. The van der Waals surface area contributed by atoms with E-state index in [0.29, 0.717) is 19.0 Å². The van der Waals surface area contributed by atoms with Crippen molar-refractivity contribution in [2.45, 2.75) is 38.2 Å². The smallest absolute Gasteiger partial charge is 0.317 e. The molecule has 1 atom stereocenters. The van der Waals surface area contributed by atoms with E-state index in [1.165, 1.54) is 4.88 Å². The van der Waals surface area contributed by atoms with Gasteiger partial charge in [0.2, 0.25) is 0 Å². The molecule has 0 saturated heterocycles. The molecule has 1 aliphatic carbocycles. The number of carbonyl (C=O) groups excluding carboxylic acids is 1. The number of hydrogen-bond acceptors (Lipinski definition) is 3. The largest absolute Gasteiger partial charge is 0.391 e. The number of nitrogens with one attached hydrogen (secondary N) is 1. The van der Waals surface area contributed by atoms with Crippen LogP contribution in [0.15, 0.2) is 17.5 Å².